The summed E-state index contributed by atoms with van der Waals surface area (Å²) in [7, 11) is 0. The van der Waals surface area contributed by atoms with E-state index in [1.165, 1.54) is 0 Å². The molecule has 1 aromatic heterocycles. The molecule has 0 aliphatic carbocycles. The Morgan fingerprint density at radius 1 is 1.43 bits per heavy atom. The van der Waals surface area contributed by atoms with Crippen LogP contribution in [0.3, 0.4) is 0 Å². The van der Waals surface area contributed by atoms with Gasteiger partial charge in [-0.05, 0) is 18.6 Å². The molecule has 0 unspecified atom stereocenters. The number of aryl methyl sites for hydroxylation is 1. The number of para-hydroxylation sites is 1. The number of hydrogen-bond acceptors (Lipinski definition) is 4. The van der Waals surface area contributed by atoms with E-state index in [2.05, 4.69) is 14.9 Å². The Hall–Kier alpha value is -2.41. The second-order valence-corrected chi connectivity index (χ2v) is 5.71. The van der Waals surface area contributed by atoms with Crippen molar-refractivity contribution in [3.8, 4) is 0 Å². The lowest BCUT2D eigenvalue weighted by atomic mass is 10.2. The van der Waals surface area contributed by atoms with Crippen molar-refractivity contribution < 1.29 is 19.4 Å². The number of rotatable bonds is 5. The third-order valence-electron chi connectivity index (χ3n) is 4.00. The SMILES string of the molecule is Cc1cccc2c1nc1n2[C@@H](CNC(=O)CCC(=O)O)COC1. The third kappa shape index (κ3) is 3.19. The summed E-state index contributed by atoms with van der Waals surface area (Å²) in [6.07, 6.45) is -0.176. The summed E-state index contributed by atoms with van der Waals surface area (Å²) >= 11 is 0. The van der Waals surface area contributed by atoms with Crippen molar-refractivity contribution in [1.29, 1.82) is 0 Å². The Bertz CT molecular complexity index is 753. The molecule has 23 heavy (non-hydrogen) atoms. The first-order valence-electron chi connectivity index (χ1n) is 7.59. The molecule has 0 saturated heterocycles. The van der Waals surface area contributed by atoms with E-state index in [1.807, 2.05) is 25.1 Å². The van der Waals surface area contributed by atoms with Crippen molar-refractivity contribution in [3.63, 3.8) is 0 Å². The predicted molar refractivity (Wildman–Crippen MR) is 83.0 cm³/mol. The molecule has 7 heteroatoms. The lowest BCUT2D eigenvalue weighted by molar-refractivity contribution is -0.138. The lowest BCUT2D eigenvalue weighted by Crippen LogP contribution is -2.35. The summed E-state index contributed by atoms with van der Waals surface area (Å²) in [4.78, 5) is 26.9. The van der Waals surface area contributed by atoms with E-state index in [0.717, 1.165) is 22.4 Å². The van der Waals surface area contributed by atoms with Gasteiger partial charge in [-0.15, -0.1) is 0 Å². The fourth-order valence-corrected chi connectivity index (χ4v) is 2.87. The van der Waals surface area contributed by atoms with Crippen LogP contribution < -0.4 is 5.32 Å². The lowest BCUT2D eigenvalue weighted by Gasteiger charge is -2.26. The molecule has 2 heterocycles. The number of hydrogen-bond donors (Lipinski definition) is 2. The van der Waals surface area contributed by atoms with Gasteiger partial charge in [0.1, 0.15) is 12.4 Å². The summed E-state index contributed by atoms with van der Waals surface area (Å²) in [5.41, 5.74) is 3.09. The molecular weight excluding hydrogens is 298 g/mol. The highest BCUT2D eigenvalue weighted by Crippen LogP contribution is 2.27. The largest absolute Gasteiger partial charge is 0.481 e. The Labute approximate surface area is 133 Å². The van der Waals surface area contributed by atoms with E-state index in [9.17, 15) is 9.59 Å². The van der Waals surface area contributed by atoms with Crippen LogP contribution in [0.2, 0.25) is 0 Å². The number of aromatic nitrogens is 2. The van der Waals surface area contributed by atoms with Gasteiger partial charge in [0.25, 0.3) is 0 Å². The number of carboxylic acids is 1. The number of carboxylic acid groups (broad SMARTS) is 1. The standard InChI is InChI=1S/C16H19N3O4/c1-10-3-2-4-12-16(10)18-13-9-23-8-11(19(12)13)7-17-14(20)5-6-15(21)22/h2-4,11H,5-9H2,1H3,(H,17,20)(H,21,22)/t11-/m0/s1. The summed E-state index contributed by atoms with van der Waals surface area (Å²) in [5, 5.41) is 11.4. The van der Waals surface area contributed by atoms with Gasteiger partial charge in [-0.25, -0.2) is 4.98 Å². The topological polar surface area (TPSA) is 93.5 Å². The Kier molecular flexibility index (Phi) is 4.29. The summed E-state index contributed by atoms with van der Waals surface area (Å²) in [6, 6.07) is 5.98. The number of imidazole rings is 1. The van der Waals surface area contributed by atoms with E-state index in [4.69, 9.17) is 9.84 Å². The fourth-order valence-electron chi connectivity index (χ4n) is 2.87. The molecule has 1 aromatic carbocycles. The number of nitrogens with one attached hydrogen (secondary N) is 1. The van der Waals surface area contributed by atoms with E-state index in [-0.39, 0.29) is 24.8 Å². The normalized spacial score (nSPS) is 17.0. The molecule has 0 saturated carbocycles. The first kappa shape index (κ1) is 15.5. The first-order valence-corrected chi connectivity index (χ1v) is 7.59. The number of fused-ring (bicyclic) bond motifs is 3. The van der Waals surface area contributed by atoms with Crippen LogP contribution in [0.4, 0.5) is 0 Å². The quantitative estimate of drug-likeness (QED) is 0.869. The maximum Gasteiger partial charge on any atom is 0.303 e. The average Bonchev–Trinajstić information content (AvgIpc) is 2.91. The van der Waals surface area contributed by atoms with Crippen molar-refractivity contribution >= 4 is 22.9 Å². The van der Waals surface area contributed by atoms with Crippen molar-refractivity contribution in [3.05, 3.63) is 29.6 Å². The molecule has 1 aliphatic heterocycles. The highest BCUT2D eigenvalue weighted by molar-refractivity contribution is 5.81. The van der Waals surface area contributed by atoms with Gasteiger partial charge in [-0.2, -0.15) is 0 Å². The molecular formula is C16H19N3O4. The van der Waals surface area contributed by atoms with Gasteiger partial charge in [0.2, 0.25) is 5.91 Å². The highest BCUT2D eigenvalue weighted by atomic mass is 16.5. The smallest absolute Gasteiger partial charge is 0.303 e. The van der Waals surface area contributed by atoms with Gasteiger partial charge in [0, 0.05) is 13.0 Å². The summed E-state index contributed by atoms with van der Waals surface area (Å²) in [5.74, 6) is -0.384. The molecule has 1 amide bonds. The maximum atomic E-state index is 11.7. The van der Waals surface area contributed by atoms with Crippen LogP contribution in [-0.4, -0.2) is 39.7 Å². The molecule has 2 N–H and O–H groups in total. The van der Waals surface area contributed by atoms with Gasteiger partial charge in [0.05, 0.1) is 30.1 Å². The minimum Gasteiger partial charge on any atom is -0.481 e. The second-order valence-electron chi connectivity index (χ2n) is 5.71. The minimum absolute atomic E-state index is 0.0143. The molecule has 0 bridgehead atoms. The number of carbonyl (C=O) groups is 2. The van der Waals surface area contributed by atoms with Gasteiger partial charge < -0.3 is 19.7 Å². The van der Waals surface area contributed by atoms with Crippen molar-refractivity contribution in [1.82, 2.24) is 14.9 Å². The highest BCUT2D eigenvalue weighted by Gasteiger charge is 2.24. The zero-order valence-electron chi connectivity index (χ0n) is 12.9. The van der Waals surface area contributed by atoms with Gasteiger partial charge in [-0.1, -0.05) is 12.1 Å². The predicted octanol–water partition coefficient (Wildman–Crippen LogP) is 1.40. The number of amides is 1. The second kappa shape index (κ2) is 6.37. The maximum absolute atomic E-state index is 11.7. The van der Waals surface area contributed by atoms with Crippen LogP contribution in [0.25, 0.3) is 11.0 Å². The van der Waals surface area contributed by atoms with Gasteiger partial charge in [0.15, 0.2) is 0 Å². The van der Waals surface area contributed by atoms with E-state index >= 15 is 0 Å². The number of benzene rings is 1. The van der Waals surface area contributed by atoms with Crippen LogP contribution in [0.15, 0.2) is 18.2 Å². The molecule has 1 atom stereocenters. The van der Waals surface area contributed by atoms with Crippen LogP contribution in [0.5, 0.6) is 0 Å². The monoisotopic (exact) mass is 317 g/mol. The molecule has 2 aromatic rings. The Morgan fingerprint density at radius 2 is 2.26 bits per heavy atom. The zero-order valence-corrected chi connectivity index (χ0v) is 12.9. The van der Waals surface area contributed by atoms with Gasteiger partial charge >= 0.3 is 5.97 Å². The fraction of sp³-hybridized carbons (Fsp3) is 0.438. The van der Waals surface area contributed by atoms with E-state index in [1.54, 1.807) is 0 Å². The molecule has 3 rings (SSSR count). The Morgan fingerprint density at radius 3 is 3.04 bits per heavy atom. The van der Waals surface area contributed by atoms with Crippen LogP contribution in [0.1, 0.15) is 30.3 Å². The van der Waals surface area contributed by atoms with Crippen molar-refractivity contribution in [2.24, 2.45) is 0 Å². The number of nitrogens with zero attached hydrogens (tertiary/aromatic N) is 2. The molecule has 122 valence electrons. The minimum atomic E-state index is -0.973. The van der Waals surface area contributed by atoms with Gasteiger partial charge in [-0.3, -0.25) is 9.59 Å². The molecule has 7 nitrogen and oxygen atoms in total. The first-order chi connectivity index (χ1) is 11.1. The summed E-state index contributed by atoms with van der Waals surface area (Å²) < 4.78 is 7.69. The Balaban J connectivity index is 1.76. The van der Waals surface area contributed by atoms with Crippen molar-refractivity contribution in [2.75, 3.05) is 13.2 Å². The van der Waals surface area contributed by atoms with E-state index < -0.39 is 5.97 Å². The number of aliphatic carboxylic acids is 1. The number of ether oxygens (including phenoxy) is 1. The number of carbonyl (C=O) groups excluding carboxylic acids is 1. The van der Waals surface area contributed by atoms with E-state index in [0.29, 0.717) is 19.8 Å². The zero-order chi connectivity index (χ0) is 16.4. The third-order valence-corrected chi connectivity index (χ3v) is 4.00. The molecule has 0 radical (unpaired) electrons. The molecule has 1 aliphatic rings. The molecule has 0 spiro atoms. The van der Waals surface area contributed by atoms with Crippen LogP contribution >= 0.6 is 0 Å². The van der Waals surface area contributed by atoms with Crippen LogP contribution in [0, 0.1) is 6.92 Å². The van der Waals surface area contributed by atoms with Crippen LogP contribution in [-0.2, 0) is 20.9 Å². The van der Waals surface area contributed by atoms with Crippen molar-refractivity contribution in [2.45, 2.75) is 32.4 Å². The summed E-state index contributed by atoms with van der Waals surface area (Å²) in [6.45, 7) is 3.36. The molecule has 0 fully saturated rings. The average molecular weight is 317 g/mol.